The molecular weight excluding hydrogens is 292 g/mol. The van der Waals surface area contributed by atoms with Gasteiger partial charge < -0.3 is 9.47 Å². The number of ether oxygens (including phenoxy) is 2. The summed E-state index contributed by atoms with van der Waals surface area (Å²) in [6.07, 6.45) is 2.61. The standard InChI is InChI=1S/C13H14N4O3S/c1-3-20-11-6-9(4-5-10(11)19-2)7-15-17-12(18)8-14-16-13(17)21/h4-8H,3H2,1-2H3,(H,16,21)/b15-7-. The maximum Gasteiger partial charge on any atom is 0.293 e. The number of aromatic amines is 1. The topological polar surface area (TPSA) is 81.5 Å². The minimum absolute atomic E-state index is 0.122. The third-order valence-electron chi connectivity index (χ3n) is 2.55. The highest BCUT2D eigenvalue weighted by molar-refractivity contribution is 7.71. The molecule has 0 saturated carbocycles. The minimum Gasteiger partial charge on any atom is -0.493 e. The van der Waals surface area contributed by atoms with Crippen molar-refractivity contribution in [1.82, 2.24) is 14.9 Å². The quantitative estimate of drug-likeness (QED) is 0.670. The van der Waals surface area contributed by atoms with Crippen molar-refractivity contribution in [1.29, 1.82) is 0 Å². The van der Waals surface area contributed by atoms with Gasteiger partial charge in [-0.1, -0.05) is 0 Å². The number of H-pyrrole nitrogens is 1. The fourth-order valence-corrected chi connectivity index (χ4v) is 1.81. The summed E-state index contributed by atoms with van der Waals surface area (Å²) in [6, 6.07) is 5.33. The van der Waals surface area contributed by atoms with Crippen molar-refractivity contribution in [2.75, 3.05) is 13.7 Å². The van der Waals surface area contributed by atoms with Crippen molar-refractivity contribution in [2.45, 2.75) is 6.92 Å². The van der Waals surface area contributed by atoms with Crippen molar-refractivity contribution in [2.24, 2.45) is 5.10 Å². The van der Waals surface area contributed by atoms with E-state index >= 15 is 0 Å². The Morgan fingerprint density at radius 1 is 1.48 bits per heavy atom. The van der Waals surface area contributed by atoms with E-state index < -0.39 is 5.56 Å². The first-order chi connectivity index (χ1) is 10.2. The summed E-state index contributed by atoms with van der Waals surface area (Å²) in [4.78, 5) is 11.6. The first kappa shape index (κ1) is 14.9. The molecule has 8 heteroatoms. The second-order valence-corrected chi connectivity index (χ2v) is 4.30. The van der Waals surface area contributed by atoms with E-state index in [1.807, 2.05) is 6.92 Å². The fraction of sp³-hybridized carbons (Fsp3) is 0.231. The number of nitrogens with zero attached hydrogens (tertiary/aromatic N) is 3. The van der Waals surface area contributed by atoms with Crippen molar-refractivity contribution >= 4 is 18.4 Å². The Hall–Kier alpha value is -2.48. The lowest BCUT2D eigenvalue weighted by molar-refractivity contribution is 0.311. The highest BCUT2D eigenvalue weighted by atomic mass is 32.1. The Morgan fingerprint density at radius 2 is 2.29 bits per heavy atom. The number of nitrogens with one attached hydrogen (secondary N) is 1. The van der Waals surface area contributed by atoms with Gasteiger partial charge >= 0.3 is 0 Å². The van der Waals surface area contributed by atoms with Crippen molar-refractivity contribution in [3.63, 3.8) is 0 Å². The molecule has 110 valence electrons. The first-order valence-corrected chi connectivity index (χ1v) is 6.58. The average molecular weight is 306 g/mol. The molecule has 2 rings (SSSR count). The molecule has 1 heterocycles. The van der Waals surface area contributed by atoms with Gasteiger partial charge in [-0.15, -0.1) is 0 Å². The number of hydrogen-bond acceptors (Lipinski definition) is 6. The van der Waals surface area contributed by atoms with Crippen LogP contribution < -0.4 is 15.0 Å². The Bertz CT molecular complexity index is 738. The van der Waals surface area contributed by atoms with Gasteiger partial charge in [0, 0.05) is 0 Å². The van der Waals surface area contributed by atoms with E-state index in [4.69, 9.17) is 21.7 Å². The van der Waals surface area contributed by atoms with Gasteiger partial charge in [0.1, 0.15) is 6.20 Å². The first-order valence-electron chi connectivity index (χ1n) is 6.17. The molecule has 0 bridgehead atoms. The smallest absolute Gasteiger partial charge is 0.293 e. The maximum atomic E-state index is 11.6. The zero-order valence-corrected chi connectivity index (χ0v) is 12.4. The highest BCUT2D eigenvalue weighted by Gasteiger charge is 2.04. The summed E-state index contributed by atoms with van der Waals surface area (Å²) >= 11 is 4.95. The molecule has 0 aliphatic rings. The van der Waals surface area contributed by atoms with Crippen LogP contribution in [-0.2, 0) is 0 Å². The zero-order chi connectivity index (χ0) is 15.2. The molecule has 1 aromatic heterocycles. The molecule has 0 aliphatic carbocycles. The molecule has 0 aliphatic heterocycles. The summed E-state index contributed by atoms with van der Waals surface area (Å²) in [7, 11) is 1.57. The van der Waals surface area contributed by atoms with E-state index in [1.165, 1.54) is 6.21 Å². The molecule has 21 heavy (non-hydrogen) atoms. The van der Waals surface area contributed by atoms with Crippen LogP contribution in [0.5, 0.6) is 11.5 Å². The Kier molecular flexibility index (Phi) is 4.83. The van der Waals surface area contributed by atoms with Crippen molar-refractivity contribution < 1.29 is 9.47 Å². The largest absolute Gasteiger partial charge is 0.493 e. The zero-order valence-electron chi connectivity index (χ0n) is 11.6. The number of hydrogen-bond donors (Lipinski definition) is 1. The Morgan fingerprint density at radius 3 is 2.95 bits per heavy atom. The average Bonchev–Trinajstić information content (AvgIpc) is 2.47. The summed E-state index contributed by atoms with van der Waals surface area (Å²) in [5, 5.41) is 10.1. The Labute approximate surface area is 125 Å². The van der Waals surface area contributed by atoms with Gasteiger partial charge in [-0.05, 0) is 42.9 Å². The highest BCUT2D eigenvalue weighted by Crippen LogP contribution is 2.27. The lowest BCUT2D eigenvalue weighted by Gasteiger charge is -2.09. The van der Waals surface area contributed by atoms with Crippen LogP contribution in [0.2, 0.25) is 0 Å². The summed E-state index contributed by atoms with van der Waals surface area (Å²) in [5.74, 6) is 1.24. The molecule has 0 saturated heterocycles. The molecule has 0 amide bonds. The second-order valence-electron chi connectivity index (χ2n) is 3.91. The molecular formula is C13H14N4O3S. The molecule has 0 unspecified atom stereocenters. The van der Waals surface area contributed by atoms with Crippen molar-refractivity contribution in [3.8, 4) is 11.5 Å². The minimum atomic E-state index is -0.409. The predicted octanol–water partition coefficient (Wildman–Crippen LogP) is 1.59. The van der Waals surface area contributed by atoms with Gasteiger partial charge in [0.05, 0.1) is 19.9 Å². The predicted molar refractivity (Wildman–Crippen MR) is 80.8 cm³/mol. The molecule has 0 spiro atoms. The van der Waals surface area contributed by atoms with Gasteiger partial charge in [0.15, 0.2) is 11.5 Å². The van der Waals surface area contributed by atoms with E-state index in [-0.39, 0.29) is 4.77 Å². The van der Waals surface area contributed by atoms with Gasteiger partial charge in [0.25, 0.3) is 5.56 Å². The maximum absolute atomic E-state index is 11.6. The molecule has 1 N–H and O–H groups in total. The third kappa shape index (κ3) is 3.54. The van der Waals surface area contributed by atoms with Gasteiger partial charge in [0.2, 0.25) is 4.77 Å². The molecule has 2 aromatic rings. The fourth-order valence-electron chi connectivity index (χ4n) is 1.62. The van der Waals surface area contributed by atoms with Gasteiger partial charge in [-0.3, -0.25) is 9.89 Å². The second kappa shape index (κ2) is 6.80. The van der Waals surface area contributed by atoms with E-state index in [1.54, 1.807) is 25.3 Å². The van der Waals surface area contributed by atoms with Crippen LogP contribution in [0, 0.1) is 4.77 Å². The third-order valence-corrected chi connectivity index (χ3v) is 2.81. The number of rotatable bonds is 5. The Balaban J connectivity index is 2.35. The van der Waals surface area contributed by atoms with Crippen LogP contribution >= 0.6 is 12.2 Å². The number of aromatic nitrogens is 3. The SMILES string of the molecule is CCOc1cc(/C=N\n2c(=O)cn[nH]c2=S)ccc1OC. The summed E-state index contributed by atoms with van der Waals surface area (Å²) in [5.41, 5.74) is 0.339. The number of methoxy groups -OCH3 is 1. The van der Waals surface area contributed by atoms with Crippen molar-refractivity contribution in [3.05, 3.63) is 45.1 Å². The molecule has 0 radical (unpaired) electrons. The molecule has 0 fully saturated rings. The summed E-state index contributed by atoms with van der Waals surface area (Å²) < 4.78 is 11.8. The molecule has 1 aromatic carbocycles. The van der Waals surface area contributed by atoms with Crippen LogP contribution in [0.15, 0.2) is 34.3 Å². The summed E-state index contributed by atoms with van der Waals surface area (Å²) in [6.45, 7) is 2.40. The van der Waals surface area contributed by atoms with Crippen LogP contribution in [0.4, 0.5) is 0 Å². The van der Waals surface area contributed by atoms with Gasteiger partial charge in [-0.2, -0.15) is 14.9 Å². The van der Waals surface area contributed by atoms with E-state index in [0.29, 0.717) is 18.1 Å². The van der Waals surface area contributed by atoms with E-state index in [9.17, 15) is 4.79 Å². The van der Waals surface area contributed by atoms with Crippen LogP contribution in [-0.4, -0.2) is 34.8 Å². The monoisotopic (exact) mass is 306 g/mol. The van der Waals surface area contributed by atoms with E-state index in [0.717, 1.165) is 16.4 Å². The lowest BCUT2D eigenvalue weighted by Crippen LogP contribution is -2.18. The van der Waals surface area contributed by atoms with Crippen LogP contribution in [0.3, 0.4) is 0 Å². The number of benzene rings is 1. The van der Waals surface area contributed by atoms with Gasteiger partial charge in [-0.25, -0.2) is 0 Å². The normalized spacial score (nSPS) is 10.8. The van der Waals surface area contributed by atoms with Crippen LogP contribution in [0.1, 0.15) is 12.5 Å². The molecule has 0 atom stereocenters. The van der Waals surface area contributed by atoms with E-state index in [2.05, 4.69) is 15.3 Å². The lowest BCUT2D eigenvalue weighted by atomic mass is 10.2. The molecule has 7 nitrogen and oxygen atoms in total. The van der Waals surface area contributed by atoms with Crippen LogP contribution in [0.25, 0.3) is 0 Å².